The number of hydrogen-bond acceptors (Lipinski definition) is 3. The van der Waals surface area contributed by atoms with Crippen LogP contribution in [0.1, 0.15) is 29.3 Å². The fraction of sp³-hybridized carbons (Fsp3) is 0.158. The van der Waals surface area contributed by atoms with Crippen LogP contribution in [0.3, 0.4) is 0 Å². The SMILES string of the molecule is CC(=O)/C(=C/CCc1ccccc1)OC(=O)c1ccccc1. The van der Waals surface area contributed by atoms with Gasteiger partial charge in [-0.2, -0.15) is 0 Å². The lowest BCUT2D eigenvalue weighted by Gasteiger charge is -2.06. The molecule has 0 aliphatic rings. The summed E-state index contributed by atoms with van der Waals surface area (Å²) in [4.78, 5) is 23.6. The summed E-state index contributed by atoms with van der Waals surface area (Å²) in [5.41, 5.74) is 1.61. The number of carbonyl (C=O) groups is 2. The third-order valence-electron chi connectivity index (χ3n) is 3.16. The minimum absolute atomic E-state index is 0.102. The second kappa shape index (κ2) is 7.93. The number of ketones is 1. The van der Waals surface area contributed by atoms with Gasteiger partial charge in [0.25, 0.3) is 0 Å². The molecular weight excluding hydrogens is 276 g/mol. The van der Waals surface area contributed by atoms with E-state index in [1.165, 1.54) is 12.5 Å². The lowest BCUT2D eigenvalue weighted by molar-refractivity contribution is -0.116. The topological polar surface area (TPSA) is 43.4 Å². The number of aryl methyl sites for hydroxylation is 1. The Morgan fingerprint density at radius 2 is 1.55 bits per heavy atom. The molecule has 0 unspecified atom stereocenters. The highest BCUT2D eigenvalue weighted by Crippen LogP contribution is 2.10. The molecule has 22 heavy (non-hydrogen) atoms. The van der Waals surface area contributed by atoms with Crippen molar-refractivity contribution in [3.05, 3.63) is 83.6 Å². The highest BCUT2D eigenvalue weighted by atomic mass is 16.5. The molecule has 0 radical (unpaired) electrons. The lowest BCUT2D eigenvalue weighted by Crippen LogP contribution is -2.10. The maximum Gasteiger partial charge on any atom is 0.343 e. The zero-order valence-corrected chi connectivity index (χ0v) is 12.5. The summed E-state index contributed by atoms with van der Waals surface area (Å²) < 4.78 is 5.21. The van der Waals surface area contributed by atoms with Crippen molar-refractivity contribution in [3.8, 4) is 0 Å². The molecule has 0 spiro atoms. The van der Waals surface area contributed by atoms with E-state index in [1.807, 2.05) is 36.4 Å². The van der Waals surface area contributed by atoms with Gasteiger partial charge in [-0.1, -0.05) is 48.5 Å². The number of hydrogen-bond donors (Lipinski definition) is 0. The molecule has 0 aliphatic heterocycles. The van der Waals surface area contributed by atoms with Gasteiger partial charge in [-0.05, 0) is 36.6 Å². The summed E-state index contributed by atoms with van der Waals surface area (Å²) in [5.74, 6) is -0.663. The smallest absolute Gasteiger partial charge is 0.343 e. The van der Waals surface area contributed by atoms with Crippen molar-refractivity contribution in [2.24, 2.45) is 0 Å². The van der Waals surface area contributed by atoms with Gasteiger partial charge in [0.15, 0.2) is 11.5 Å². The summed E-state index contributed by atoms with van der Waals surface area (Å²) in [6.07, 6.45) is 3.11. The zero-order chi connectivity index (χ0) is 15.8. The molecule has 2 aromatic rings. The van der Waals surface area contributed by atoms with Crippen LogP contribution in [0.2, 0.25) is 0 Å². The van der Waals surface area contributed by atoms with Crippen LogP contribution in [0.5, 0.6) is 0 Å². The van der Waals surface area contributed by atoms with Gasteiger partial charge in [0, 0.05) is 6.92 Å². The van der Waals surface area contributed by atoms with Crippen molar-refractivity contribution in [1.82, 2.24) is 0 Å². The third kappa shape index (κ3) is 4.70. The molecule has 0 amide bonds. The fourth-order valence-corrected chi connectivity index (χ4v) is 2.00. The van der Waals surface area contributed by atoms with Crippen LogP contribution < -0.4 is 0 Å². The minimum Gasteiger partial charge on any atom is -0.419 e. The quantitative estimate of drug-likeness (QED) is 0.460. The second-order valence-corrected chi connectivity index (χ2v) is 4.90. The van der Waals surface area contributed by atoms with Crippen LogP contribution in [0.25, 0.3) is 0 Å². The van der Waals surface area contributed by atoms with Crippen molar-refractivity contribution < 1.29 is 14.3 Å². The van der Waals surface area contributed by atoms with Crippen molar-refractivity contribution in [1.29, 1.82) is 0 Å². The first-order valence-electron chi connectivity index (χ1n) is 7.19. The largest absolute Gasteiger partial charge is 0.419 e. The van der Waals surface area contributed by atoms with Crippen LogP contribution in [-0.2, 0) is 16.0 Å². The Hall–Kier alpha value is -2.68. The number of benzene rings is 2. The maximum atomic E-state index is 12.0. The molecule has 0 saturated carbocycles. The van der Waals surface area contributed by atoms with Gasteiger partial charge in [0.1, 0.15) is 0 Å². The molecule has 3 nitrogen and oxygen atoms in total. The Morgan fingerprint density at radius 1 is 0.955 bits per heavy atom. The van der Waals surface area contributed by atoms with E-state index < -0.39 is 5.97 Å². The van der Waals surface area contributed by atoms with Gasteiger partial charge >= 0.3 is 5.97 Å². The van der Waals surface area contributed by atoms with Gasteiger partial charge in [-0.25, -0.2) is 4.79 Å². The molecule has 0 aliphatic carbocycles. The Kier molecular flexibility index (Phi) is 5.66. The number of ether oxygens (including phenoxy) is 1. The van der Waals surface area contributed by atoms with Crippen molar-refractivity contribution in [2.45, 2.75) is 19.8 Å². The first-order chi connectivity index (χ1) is 10.7. The van der Waals surface area contributed by atoms with Crippen LogP contribution in [0.15, 0.2) is 72.5 Å². The molecule has 2 rings (SSSR count). The number of Topliss-reactive ketones (excluding diaryl/α,β-unsaturated/α-hetero) is 1. The number of esters is 1. The van der Waals surface area contributed by atoms with Crippen LogP contribution in [0.4, 0.5) is 0 Å². The predicted octanol–water partition coefficient (Wildman–Crippen LogP) is 3.95. The highest BCUT2D eigenvalue weighted by molar-refractivity contribution is 5.97. The van der Waals surface area contributed by atoms with E-state index in [0.29, 0.717) is 12.0 Å². The number of carbonyl (C=O) groups excluding carboxylic acids is 2. The Morgan fingerprint density at radius 3 is 2.14 bits per heavy atom. The minimum atomic E-state index is -0.512. The molecule has 0 N–H and O–H groups in total. The van der Waals surface area contributed by atoms with Gasteiger partial charge in [0.2, 0.25) is 0 Å². The Labute approximate surface area is 130 Å². The highest BCUT2D eigenvalue weighted by Gasteiger charge is 2.12. The van der Waals surface area contributed by atoms with E-state index in [4.69, 9.17) is 4.74 Å². The van der Waals surface area contributed by atoms with E-state index in [-0.39, 0.29) is 11.5 Å². The molecule has 0 saturated heterocycles. The molecular formula is C19H18O3. The van der Waals surface area contributed by atoms with E-state index in [9.17, 15) is 9.59 Å². The first kappa shape index (κ1) is 15.7. The Bertz CT molecular complexity index is 658. The normalized spacial score (nSPS) is 11.0. The summed E-state index contributed by atoms with van der Waals surface area (Å²) in [7, 11) is 0. The monoisotopic (exact) mass is 294 g/mol. The van der Waals surface area contributed by atoms with E-state index in [2.05, 4.69) is 0 Å². The third-order valence-corrected chi connectivity index (χ3v) is 3.16. The van der Waals surface area contributed by atoms with Gasteiger partial charge in [-0.15, -0.1) is 0 Å². The van der Waals surface area contributed by atoms with Crippen LogP contribution >= 0.6 is 0 Å². The maximum absolute atomic E-state index is 12.0. The van der Waals surface area contributed by atoms with E-state index >= 15 is 0 Å². The first-order valence-corrected chi connectivity index (χ1v) is 7.19. The molecule has 3 heteroatoms. The summed E-state index contributed by atoms with van der Waals surface area (Å²) in [6, 6.07) is 18.6. The molecule has 0 aromatic heterocycles. The second-order valence-electron chi connectivity index (χ2n) is 4.90. The molecule has 0 bridgehead atoms. The number of rotatable bonds is 6. The van der Waals surface area contributed by atoms with Crippen LogP contribution in [-0.4, -0.2) is 11.8 Å². The van der Waals surface area contributed by atoms with Gasteiger partial charge in [-0.3, -0.25) is 4.79 Å². The van der Waals surface area contributed by atoms with Gasteiger partial charge in [0.05, 0.1) is 5.56 Å². The van der Waals surface area contributed by atoms with Crippen molar-refractivity contribution in [3.63, 3.8) is 0 Å². The average molecular weight is 294 g/mol. The molecule has 0 heterocycles. The predicted molar refractivity (Wildman–Crippen MR) is 85.4 cm³/mol. The lowest BCUT2D eigenvalue weighted by atomic mass is 10.1. The van der Waals surface area contributed by atoms with Crippen molar-refractivity contribution >= 4 is 11.8 Å². The summed E-state index contributed by atoms with van der Waals surface area (Å²) >= 11 is 0. The van der Waals surface area contributed by atoms with Gasteiger partial charge < -0.3 is 4.74 Å². The molecule has 0 fully saturated rings. The fourth-order valence-electron chi connectivity index (χ4n) is 2.00. The molecule has 2 aromatic carbocycles. The summed E-state index contributed by atoms with van der Waals surface area (Å²) in [5, 5.41) is 0. The molecule has 112 valence electrons. The van der Waals surface area contributed by atoms with Crippen LogP contribution in [0, 0.1) is 0 Å². The average Bonchev–Trinajstić information content (AvgIpc) is 2.55. The number of allylic oxidation sites excluding steroid dienone is 2. The van der Waals surface area contributed by atoms with E-state index in [1.54, 1.807) is 30.3 Å². The standard InChI is InChI=1S/C19H18O3/c1-15(20)18(14-8-11-16-9-4-2-5-10-16)22-19(21)17-12-6-3-7-13-17/h2-7,9-10,12-14H,8,11H2,1H3/b18-14-. The van der Waals surface area contributed by atoms with Crippen molar-refractivity contribution in [2.75, 3.05) is 0 Å². The van der Waals surface area contributed by atoms with E-state index in [0.717, 1.165) is 6.42 Å². The summed E-state index contributed by atoms with van der Waals surface area (Å²) in [6.45, 7) is 1.40. The molecule has 0 atom stereocenters. The zero-order valence-electron chi connectivity index (χ0n) is 12.5. The Balaban J connectivity index is 1.99.